The second-order valence-electron chi connectivity index (χ2n) is 12.3. The lowest BCUT2D eigenvalue weighted by atomic mass is 9.52. The average molecular weight is 571 g/mol. The fourth-order valence-electron chi connectivity index (χ4n) is 8.03. The number of aromatic nitrogens is 2. The number of rotatable bonds is 6. The molecule has 2 atom stereocenters. The first-order valence-electron chi connectivity index (χ1n) is 14.3. The molecule has 5 aliphatic rings. The molecule has 3 N–H and O–H groups in total. The fraction of sp³-hybridized carbons (Fsp3) is 0.621. The van der Waals surface area contributed by atoms with E-state index in [1.807, 2.05) is 43.3 Å². The first-order valence-corrected chi connectivity index (χ1v) is 14.7. The van der Waals surface area contributed by atoms with Crippen LogP contribution < -0.4 is 20.3 Å². The molecule has 7 rings (SSSR count). The first kappa shape index (κ1) is 27.2. The van der Waals surface area contributed by atoms with Crippen LogP contribution in [-0.2, 0) is 7.05 Å². The van der Waals surface area contributed by atoms with Crippen LogP contribution in [-0.4, -0.2) is 76.7 Å². The lowest BCUT2D eigenvalue weighted by molar-refractivity contribution is -0.136. The molecule has 11 heteroatoms. The van der Waals surface area contributed by atoms with Crippen LogP contribution in [0.5, 0.6) is 5.75 Å². The van der Waals surface area contributed by atoms with Gasteiger partial charge in [-0.15, -0.1) is 0 Å². The summed E-state index contributed by atoms with van der Waals surface area (Å²) in [7, 11) is 5.36. The zero-order valence-corrected chi connectivity index (χ0v) is 24.2. The molecule has 2 aromatic rings. The molecule has 40 heavy (non-hydrogen) atoms. The van der Waals surface area contributed by atoms with Crippen LogP contribution >= 0.6 is 11.6 Å². The number of anilines is 2. The van der Waals surface area contributed by atoms with Gasteiger partial charge in [0.15, 0.2) is 5.69 Å². The summed E-state index contributed by atoms with van der Waals surface area (Å²) >= 11 is 6.82. The zero-order chi connectivity index (χ0) is 28.2. The van der Waals surface area contributed by atoms with Crippen molar-refractivity contribution in [1.82, 2.24) is 20.0 Å². The minimum atomic E-state index is -0.541. The number of carbonyl (C=O) groups is 2. The lowest BCUT2D eigenvalue weighted by Gasteiger charge is -2.58. The van der Waals surface area contributed by atoms with E-state index in [0.29, 0.717) is 53.1 Å². The van der Waals surface area contributed by atoms with E-state index in [1.165, 1.54) is 0 Å². The number of methoxy groups -OCH3 is 1. The third-order valence-corrected chi connectivity index (χ3v) is 10.0. The Morgan fingerprint density at radius 3 is 2.48 bits per heavy atom. The Morgan fingerprint density at radius 1 is 1.15 bits per heavy atom. The highest BCUT2D eigenvalue weighted by molar-refractivity contribution is 6.36. The minimum absolute atomic E-state index is 0.0647. The van der Waals surface area contributed by atoms with Crippen molar-refractivity contribution in [3.05, 3.63) is 35.0 Å². The molecule has 2 unspecified atom stereocenters. The summed E-state index contributed by atoms with van der Waals surface area (Å²) in [6.45, 7) is 1.19. The first-order chi connectivity index (χ1) is 19.2. The Labute approximate surface area is 240 Å². The number of hydrogen-bond donors (Lipinski definition) is 3. The van der Waals surface area contributed by atoms with Crippen molar-refractivity contribution in [3.63, 3.8) is 0 Å². The highest BCUT2D eigenvalue weighted by Crippen LogP contribution is 2.55. The maximum atomic E-state index is 13.4. The number of amides is 3. The molecular formula is C29H39ClN6O4. The van der Waals surface area contributed by atoms with E-state index in [-0.39, 0.29) is 29.7 Å². The number of benzene rings is 1. The van der Waals surface area contributed by atoms with Crippen LogP contribution in [0.2, 0.25) is 5.02 Å². The molecule has 3 amide bonds. The number of aliphatic hydroxyl groups is 1. The third-order valence-electron chi connectivity index (χ3n) is 9.70. The predicted molar refractivity (Wildman–Crippen MR) is 153 cm³/mol. The van der Waals surface area contributed by atoms with Gasteiger partial charge in [0, 0.05) is 39.3 Å². The van der Waals surface area contributed by atoms with Crippen molar-refractivity contribution in [1.29, 1.82) is 0 Å². The summed E-state index contributed by atoms with van der Waals surface area (Å²) in [6.07, 6.45) is 6.11. The zero-order valence-electron chi connectivity index (χ0n) is 23.4. The monoisotopic (exact) mass is 570 g/mol. The number of urea groups is 1. The Bertz CT molecular complexity index is 1280. The molecule has 216 valence electrons. The van der Waals surface area contributed by atoms with Crippen molar-refractivity contribution in [2.75, 3.05) is 37.5 Å². The van der Waals surface area contributed by atoms with Crippen molar-refractivity contribution in [2.24, 2.45) is 24.8 Å². The van der Waals surface area contributed by atoms with Gasteiger partial charge in [-0.25, -0.2) is 4.79 Å². The molecule has 4 saturated carbocycles. The van der Waals surface area contributed by atoms with Crippen LogP contribution in [0.25, 0.3) is 0 Å². The summed E-state index contributed by atoms with van der Waals surface area (Å²) in [6, 6.07) is 7.41. The number of para-hydroxylation sites is 2. The summed E-state index contributed by atoms with van der Waals surface area (Å²) in [4.78, 5) is 30.2. The molecule has 5 fully saturated rings. The Balaban J connectivity index is 1.08. The topological polar surface area (TPSA) is 112 Å². The molecule has 2 heterocycles. The number of ether oxygens (including phenoxy) is 1. The van der Waals surface area contributed by atoms with E-state index in [1.54, 1.807) is 11.8 Å². The molecule has 0 spiro atoms. The largest absolute Gasteiger partial charge is 0.495 e. The van der Waals surface area contributed by atoms with Gasteiger partial charge in [-0.1, -0.05) is 23.7 Å². The second-order valence-corrected chi connectivity index (χ2v) is 12.6. The summed E-state index contributed by atoms with van der Waals surface area (Å²) in [5.41, 5.74) is 0.347. The molecular weight excluding hydrogens is 532 g/mol. The van der Waals surface area contributed by atoms with Crippen molar-refractivity contribution in [2.45, 2.75) is 62.6 Å². The highest BCUT2D eigenvalue weighted by Gasteiger charge is 2.55. The van der Waals surface area contributed by atoms with Gasteiger partial charge in [0.1, 0.15) is 16.6 Å². The molecule has 10 nitrogen and oxygen atoms in total. The Hall–Kier alpha value is -2.98. The number of hydrogen-bond acceptors (Lipinski definition) is 6. The average Bonchev–Trinajstić information content (AvgIpc) is 3.23. The molecule has 1 aromatic carbocycles. The van der Waals surface area contributed by atoms with E-state index < -0.39 is 5.60 Å². The number of likely N-dealkylation sites (tertiary alicyclic amines) is 1. The quantitative estimate of drug-likeness (QED) is 0.486. The Morgan fingerprint density at radius 2 is 1.82 bits per heavy atom. The molecule has 1 saturated heterocycles. The number of nitrogens with zero attached hydrogens (tertiary/aromatic N) is 4. The summed E-state index contributed by atoms with van der Waals surface area (Å²) in [5.74, 6) is 2.28. The number of carbonyl (C=O) groups excluding carboxylic acids is 2. The van der Waals surface area contributed by atoms with Gasteiger partial charge >= 0.3 is 6.03 Å². The second kappa shape index (κ2) is 10.4. The molecule has 4 bridgehead atoms. The normalized spacial score (nSPS) is 29.4. The van der Waals surface area contributed by atoms with E-state index >= 15 is 0 Å². The van der Waals surface area contributed by atoms with Crippen LogP contribution in [0.15, 0.2) is 24.3 Å². The SMILES string of the molecule is COc1ccccc1NC(=O)N1CCC(N(C)c2c(Cl)c(C(=O)NC3C4CC5CC3CC(O)(C5)C4)nn2C)CC1. The Kier molecular flexibility index (Phi) is 7.11. The molecule has 1 aliphatic heterocycles. The van der Waals surface area contributed by atoms with E-state index in [2.05, 4.69) is 20.6 Å². The van der Waals surface area contributed by atoms with Gasteiger partial charge in [-0.3, -0.25) is 9.48 Å². The molecule has 4 aliphatic carbocycles. The highest BCUT2D eigenvalue weighted by atomic mass is 35.5. The molecule has 1 aromatic heterocycles. The lowest BCUT2D eigenvalue weighted by Crippen LogP contribution is -2.61. The van der Waals surface area contributed by atoms with Gasteiger partial charge in [-0.2, -0.15) is 5.10 Å². The standard InChI is InChI=1S/C29H39ClN6O4/c1-34(20-8-10-36(11-9-20)28(38)31-21-6-4-5-7-22(21)40-3)27-23(30)25(33-35(27)2)26(37)32-24-18-12-17-13-19(24)16-29(39,14-17)15-18/h4-7,17-20,24,39H,8-16H2,1-3H3,(H,31,38)(H,32,37). The number of aryl methyl sites for hydroxylation is 1. The van der Waals surface area contributed by atoms with Crippen molar-refractivity contribution < 1.29 is 19.4 Å². The maximum Gasteiger partial charge on any atom is 0.321 e. The van der Waals surface area contributed by atoms with Gasteiger partial charge < -0.3 is 30.3 Å². The van der Waals surface area contributed by atoms with E-state index in [4.69, 9.17) is 16.3 Å². The van der Waals surface area contributed by atoms with Gasteiger partial charge in [0.05, 0.1) is 18.4 Å². The fourth-order valence-corrected chi connectivity index (χ4v) is 8.40. The number of halogens is 1. The van der Waals surface area contributed by atoms with E-state index in [9.17, 15) is 14.7 Å². The smallest absolute Gasteiger partial charge is 0.321 e. The van der Waals surface area contributed by atoms with Crippen LogP contribution in [0.3, 0.4) is 0 Å². The van der Waals surface area contributed by atoms with Gasteiger partial charge in [0.25, 0.3) is 5.91 Å². The third kappa shape index (κ3) is 4.89. The van der Waals surface area contributed by atoms with E-state index in [0.717, 1.165) is 44.9 Å². The van der Waals surface area contributed by atoms with Crippen LogP contribution in [0.1, 0.15) is 55.4 Å². The van der Waals surface area contributed by atoms with Crippen LogP contribution in [0.4, 0.5) is 16.3 Å². The predicted octanol–water partition coefficient (Wildman–Crippen LogP) is 3.88. The summed E-state index contributed by atoms with van der Waals surface area (Å²) in [5, 5.41) is 22.0. The maximum absolute atomic E-state index is 13.4. The molecule has 0 radical (unpaired) electrons. The van der Waals surface area contributed by atoms with Crippen molar-refractivity contribution >= 4 is 35.0 Å². The minimum Gasteiger partial charge on any atom is -0.495 e. The number of piperidine rings is 1. The number of nitrogens with one attached hydrogen (secondary N) is 2. The van der Waals surface area contributed by atoms with Gasteiger partial charge in [-0.05, 0) is 74.8 Å². The summed E-state index contributed by atoms with van der Waals surface area (Å²) < 4.78 is 7.02. The van der Waals surface area contributed by atoms with Gasteiger partial charge in [0.2, 0.25) is 0 Å². The van der Waals surface area contributed by atoms with Crippen LogP contribution in [0, 0.1) is 17.8 Å². The van der Waals surface area contributed by atoms with Crippen molar-refractivity contribution in [3.8, 4) is 5.75 Å².